The molecule has 0 aromatic carbocycles. The fraction of sp³-hybridized carbons (Fsp3) is 0.692. The van der Waals surface area contributed by atoms with Crippen LogP contribution in [0.4, 0.5) is 5.00 Å². The van der Waals surface area contributed by atoms with Gasteiger partial charge in [-0.3, -0.25) is 0 Å². The fourth-order valence-corrected chi connectivity index (χ4v) is 4.13. The predicted molar refractivity (Wildman–Crippen MR) is 75.1 cm³/mol. The molecule has 6 heteroatoms. The third-order valence-corrected chi connectivity index (χ3v) is 5.10. The number of aromatic nitrogens is 1. The molecule has 5 nitrogen and oxygen atoms in total. The summed E-state index contributed by atoms with van der Waals surface area (Å²) < 4.78 is 4.16. The summed E-state index contributed by atoms with van der Waals surface area (Å²) in [5, 5.41) is 13.4. The third kappa shape index (κ3) is 2.47. The van der Waals surface area contributed by atoms with Crippen molar-refractivity contribution >= 4 is 22.5 Å². The average molecular weight is 281 g/mol. The SMILES string of the molecule is Cc1nsc(NC2CCN3CCCC3C2)c1C(=O)O. The second-order valence-electron chi connectivity index (χ2n) is 5.47. The molecular formula is C13H19N3O2S. The molecule has 2 aliphatic heterocycles. The minimum absolute atomic E-state index is 0.346. The molecule has 3 heterocycles. The first-order valence-corrected chi connectivity index (χ1v) is 7.62. The molecule has 2 N–H and O–H groups in total. The first-order valence-electron chi connectivity index (χ1n) is 6.85. The second kappa shape index (κ2) is 5.09. The first-order chi connectivity index (χ1) is 9.15. The van der Waals surface area contributed by atoms with E-state index in [0.717, 1.165) is 24.4 Å². The standard InChI is InChI=1S/C13H19N3O2S/c1-8-11(13(17)18)12(19-15-8)14-9-4-6-16-5-2-3-10(16)7-9/h9-10,14H,2-7H2,1H3,(H,17,18). The van der Waals surface area contributed by atoms with E-state index in [4.69, 9.17) is 0 Å². The van der Waals surface area contributed by atoms with Crippen molar-refractivity contribution in [1.82, 2.24) is 9.27 Å². The van der Waals surface area contributed by atoms with Crippen LogP contribution < -0.4 is 5.32 Å². The molecular weight excluding hydrogens is 262 g/mol. The van der Waals surface area contributed by atoms with Crippen molar-refractivity contribution in [3.05, 3.63) is 11.3 Å². The number of carboxylic acid groups (broad SMARTS) is 1. The minimum atomic E-state index is -0.882. The summed E-state index contributed by atoms with van der Waals surface area (Å²) in [5.41, 5.74) is 0.956. The van der Waals surface area contributed by atoms with Crippen molar-refractivity contribution in [2.45, 2.75) is 44.7 Å². The van der Waals surface area contributed by atoms with Gasteiger partial charge in [0.2, 0.25) is 0 Å². The van der Waals surface area contributed by atoms with Crippen LogP contribution >= 0.6 is 11.5 Å². The number of nitrogens with zero attached hydrogens (tertiary/aromatic N) is 2. The van der Waals surface area contributed by atoms with E-state index < -0.39 is 5.97 Å². The molecule has 2 saturated heterocycles. The van der Waals surface area contributed by atoms with Crippen LogP contribution in [0.3, 0.4) is 0 Å². The normalized spacial score (nSPS) is 27.2. The average Bonchev–Trinajstić information content (AvgIpc) is 2.95. The monoisotopic (exact) mass is 281 g/mol. The molecule has 0 aliphatic carbocycles. The lowest BCUT2D eigenvalue weighted by Gasteiger charge is -2.35. The van der Waals surface area contributed by atoms with Gasteiger partial charge in [0.15, 0.2) is 0 Å². The molecule has 2 aliphatic rings. The number of piperidine rings is 1. The Kier molecular flexibility index (Phi) is 3.45. The lowest BCUT2D eigenvalue weighted by molar-refractivity contribution is 0.0697. The lowest BCUT2D eigenvalue weighted by atomic mass is 9.97. The Morgan fingerprint density at radius 2 is 2.32 bits per heavy atom. The number of hydrogen-bond acceptors (Lipinski definition) is 5. The van der Waals surface area contributed by atoms with Gasteiger partial charge in [-0.25, -0.2) is 4.79 Å². The largest absolute Gasteiger partial charge is 0.478 e. The van der Waals surface area contributed by atoms with Crippen molar-refractivity contribution in [1.29, 1.82) is 0 Å². The van der Waals surface area contributed by atoms with E-state index in [-0.39, 0.29) is 0 Å². The van der Waals surface area contributed by atoms with Gasteiger partial charge in [0, 0.05) is 18.6 Å². The summed E-state index contributed by atoms with van der Waals surface area (Å²) >= 11 is 1.27. The summed E-state index contributed by atoms with van der Waals surface area (Å²) in [4.78, 5) is 13.8. The maximum Gasteiger partial charge on any atom is 0.340 e. The van der Waals surface area contributed by atoms with E-state index in [1.54, 1.807) is 6.92 Å². The van der Waals surface area contributed by atoms with Gasteiger partial charge in [-0.05, 0) is 50.7 Å². The lowest BCUT2D eigenvalue weighted by Crippen LogP contribution is -2.42. The number of carboxylic acids is 1. The Hall–Kier alpha value is -1.14. The van der Waals surface area contributed by atoms with E-state index >= 15 is 0 Å². The van der Waals surface area contributed by atoms with Crippen LogP contribution in [0.15, 0.2) is 0 Å². The van der Waals surface area contributed by atoms with Crippen LogP contribution in [0.1, 0.15) is 41.7 Å². The van der Waals surface area contributed by atoms with Crippen molar-refractivity contribution < 1.29 is 9.90 Å². The van der Waals surface area contributed by atoms with Crippen LogP contribution in [0.25, 0.3) is 0 Å². The van der Waals surface area contributed by atoms with Crippen molar-refractivity contribution in [2.24, 2.45) is 0 Å². The van der Waals surface area contributed by atoms with Gasteiger partial charge < -0.3 is 15.3 Å². The Labute approximate surface area is 116 Å². The van der Waals surface area contributed by atoms with Crippen LogP contribution in [0, 0.1) is 6.92 Å². The Morgan fingerprint density at radius 3 is 3.11 bits per heavy atom. The van der Waals surface area contributed by atoms with E-state index in [1.165, 1.54) is 30.9 Å². The Balaban J connectivity index is 1.70. The topological polar surface area (TPSA) is 65.5 Å². The maximum absolute atomic E-state index is 11.2. The summed E-state index contributed by atoms with van der Waals surface area (Å²) in [6.45, 7) is 4.12. The highest BCUT2D eigenvalue weighted by Crippen LogP contribution is 2.31. The smallest absolute Gasteiger partial charge is 0.340 e. The van der Waals surface area contributed by atoms with Crippen molar-refractivity contribution in [3.63, 3.8) is 0 Å². The number of fused-ring (bicyclic) bond motifs is 1. The highest BCUT2D eigenvalue weighted by molar-refractivity contribution is 7.10. The Morgan fingerprint density at radius 1 is 1.47 bits per heavy atom. The second-order valence-corrected chi connectivity index (χ2v) is 6.25. The highest BCUT2D eigenvalue weighted by atomic mass is 32.1. The van der Waals surface area contributed by atoms with Gasteiger partial charge >= 0.3 is 5.97 Å². The van der Waals surface area contributed by atoms with Crippen LogP contribution in [-0.4, -0.2) is 45.5 Å². The van der Waals surface area contributed by atoms with Gasteiger partial charge in [-0.15, -0.1) is 0 Å². The zero-order valence-corrected chi connectivity index (χ0v) is 11.9. The number of nitrogens with one attached hydrogen (secondary N) is 1. The number of anilines is 1. The van der Waals surface area contributed by atoms with E-state index in [0.29, 0.717) is 23.3 Å². The molecule has 0 saturated carbocycles. The maximum atomic E-state index is 11.2. The quantitative estimate of drug-likeness (QED) is 0.889. The zero-order valence-electron chi connectivity index (χ0n) is 11.1. The molecule has 2 unspecified atom stereocenters. The molecule has 1 aromatic rings. The predicted octanol–water partition coefficient (Wildman–Crippen LogP) is 2.19. The molecule has 2 fully saturated rings. The van der Waals surface area contributed by atoms with E-state index in [2.05, 4.69) is 14.6 Å². The molecule has 0 bridgehead atoms. The Bertz CT molecular complexity index is 488. The summed E-state index contributed by atoms with van der Waals surface area (Å²) in [6, 6.07) is 1.07. The molecule has 0 spiro atoms. The van der Waals surface area contributed by atoms with Crippen molar-refractivity contribution in [3.8, 4) is 0 Å². The van der Waals surface area contributed by atoms with Crippen LogP contribution in [-0.2, 0) is 0 Å². The number of aryl methyl sites for hydroxylation is 1. The molecule has 1 aromatic heterocycles. The van der Waals surface area contributed by atoms with E-state index in [1.807, 2.05) is 0 Å². The van der Waals surface area contributed by atoms with Crippen LogP contribution in [0.2, 0.25) is 0 Å². The molecule has 3 rings (SSSR count). The first kappa shape index (κ1) is 12.9. The number of hydrogen-bond donors (Lipinski definition) is 2. The molecule has 0 amide bonds. The van der Waals surface area contributed by atoms with Crippen LogP contribution in [0.5, 0.6) is 0 Å². The number of rotatable bonds is 3. The molecule has 19 heavy (non-hydrogen) atoms. The number of aromatic carboxylic acids is 1. The summed E-state index contributed by atoms with van der Waals surface area (Å²) in [6.07, 6.45) is 4.80. The van der Waals surface area contributed by atoms with Gasteiger partial charge in [0.05, 0.1) is 5.69 Å². The third-order valence-electron chi connectivity index (χ3n) is 4.23. The minimum Gasteiger partial charge on any atom is -0.478 e. The molecule has 104 valence electrons. The zero-order chi connectivity index (χ0) is 13.4. The van der Waals surface area contributed by atoms with Gasteiger partial charge in [-0.1, -0.05) is 0 Å². The van der Waals surface area contributed by atoms with Crippen molar-refractivity contribution in [2.75, 3.05) is 18.4 Å². The highest BCUT2D eigenvalue weighted by Gasteiger charge is 2.32. The summed E-state index contributed by atoms with van der Waals surface area (Å²) in [7, 11) is 0. The molecule has 2 atom stereocenters. The van der Waals surface area contributed by atoms with Gasteiger partial charge in [0.1, 0.15) is 10.6 Å². The van der Waals surface area contributed by atoms with E-state index in [9.17, 15) is 9.90 Å². The van der Waals surface area contributed by atoms with Gasteiger partial charge in [0.25, 0.3) is 0 Å². The fourth-order valence-electron chi connectivity index (χ4n) is 3.26. The summed E-state index contributed by atoms with van der Waals surface area (Å²) in [5.74, 6) is -0.882. The molecule has 0 radical (unpaired) electrons. The van der Waals surface area contributed by atoms with Gasteiger partial charge in [-0.2, -0.15) is 4.37 Å². The number of carbonyl (C=O) groups is 1.